The molecule has 0 unspecified atom stereocenters. The van der Waals surface area contributed by atoms with E-state index in [1.54, 1.807) is 55.6 Å². The molecule has 0 aliphatic carbocycles. The monoisotopic (exact) mass is 341 g/mol. The number of anilines is 1. The van der Waals surface area contributed by atoms with E-state index in [-0.39, 0.29) is 0 Å². The normalized spacial score (nSPS) is 10.3. The van der Waals surface area contributed by atoms with Crippen LogP contribution in [0.4, 0.5) is 5.69 Å². The van der Waals surface area contributed by atoms with E-state index in [4.69, 9.17) is 9.47 Å². The van der Waals surface area contributed by atoms with Crippen molar-refractivity contribution < 1.29 is 19.1 Å². The quantitative estimate of drug-likeness (QED) is 0.479. The van der Waals surface area contributed by atoms with Gasteiger partial charge in [-0.2, -0.15) is 5.10 Å². The number of ether oxygens (including phenoxy) is 2. The molecule has 2 aromatic rings. The third-order valence-electron chi connectivity index (χ3n) is 3.10. The topological polar surface area (TPSA) is 89.0 Å². The first kappa shape index (κ1) is 18.0. The predicted octanol–water partition coefficient (Wildman–Crippen LogP) is 2.18. The van der Waals surface area contributed by atoms with Crippen molar-refractivity contribution in [2.75, 3.05) is 19.0 Å². The van der Waals surface area contributed by atoms with Crippen molar-refractivity contribution in [3.63, 3.8) is 0 Å². The van der Waals surface area contributed by atoms with Crippen molar-refractivity contribution in [2.24, 2.45) is 5.10 Å². The minimum absolute atomic E-state index is 0.486. The molecule has 0 spiro atoms. The zero-order valence-corrected chi connectivity index (χ0v) is 14.0. The Labute approximate surface area is 145 Å². The highest BCUT2D eigenvalue weighted by Crippen LogP contribution is 2.15. The van der Waals surface area contributed by atoms with Gasteiger partial charge in [-0.25, -0.2) is 5.43 Å². The lowest BCUT2D eigenvalue weighted by molar-refractivity contribution is -0.136. The van der Waals surface area contributed by atoms with Gasteiger partial charge in [-0.05, 0) is 48.9 Å². The molecule has 2 rings (SSSR count). The van der Waals surface area contributed by atoms with Gasteiger partial charge in [-0.1, -0.05) is 12.1 Å². The first-order valence-electron chi connectivity index (χ1n) is 7.63. The van der Waals surface area contributed by atoms with Crippen LogP contribution in [0.3, 0.4) is 0 Å². The summed E-state index contributed by atoms with van der Waals surface area (Å²) in [5.41, 5.74) is 3.39. The lowest BCUT2D eigenvalue weighted by Crippen LogP contribution is -2.32. The van der Waals surface area contributed by atoms with Gasteiger partial charge in [-0.15, -0.1) is 0 Å². The number of hydrazone groups is 1. The molecule has 2 amide bonds. The Balaban J connectivity index is 1.87. The predicted molar refractivity (Wildman–Crippen MR) is 95.0 cm³/mol. The molecule has 0 aliphatic rings. The fourth-order valence-corrected chi connectivity index (χ4v) is 1.93. The molecule has 0 atom stereocenters. The van der Waals surface area contributed by atoms with E-state index in [1.807, 2.05) is 6.92 Å². The Morgan fingerprint density at radius 3 is 2.52 bits per heavy atom. The molecule has 0 radical (unpaired) electrons. The molecule has 7 nitrogen and oxygen atoms in total. The maximum Gasteiger partial charge on any atom is 0.329 e. The van der Waals surface area contributed by atoms with E-state index in [0.717, 1.165) is 5.56 Å². The number of carbonyl (C=O) groups is 2. The molecule has 2 aromatic carbocycles. The van der Waals surface area contributed by atoms with Gasteiger partial charge >= 0.3 is 11.8 Å². The average Bonchev–Trinajstić information content (AvgIpc) is 2.63. The van der Waals surface area contributed by atoms with Gasteiger partial charge in [0, 0.05) is 5.69 Å². The number of rotatable bonds is 6. The van der Waals surface area contributed by atoms with Crippen LogP contribution in [0.5, 0.6) is 11.5 Å². The number of carbonyl (C=O) groups excluding carboxylic acids is 2. The Morgan fingerprint density at radius 2 is 1.84 bits per heavy atom. The zero-order chi connectivity index (χ0) is 18.1. The molecule has 7 heteroatoms. The van der Waals surface area contributed by atoms with Crippen LogP contribution >= 0.6 is 0 Å². The second kappa shape index (κ2) is 9.07. The third kappa shape index (κ3) is 5.65. The highest BCUT2D eigenvalue weighted by Gasteiger charge is 2.12. The fourth-order valence-electron chi connectivity index (χ4n) is 1.93. The molecule has 0 saturated heterocycles. The molecule has 2 N–H and O–H groups in total. The highest BCUT2D eigenvalue weighted by atomic mass is 16.5. The van der Waals surface area contributed by atoms with E-state index in [0.29, 0.717) is 23.8 Å². The molecule has 25 heavy (non-hydrogen) atoms. The van der Waals surface area contributed by atoms with Crippen molar-refractivity contribution >= 4 is 23.7 Å². The maximum absolute atomic E-state index is 11.8. The van der Waals surface area contributed by atoms with E-state index in [9.17, 15) is 9.59 Å². The zero-order valence-electron chi connectivity index (χ0n) is 14.0. The Morgan fingerprint density at radius 1 is 1.08 bits per heavy atom. The van der Waals surface area contributed by atoms with E-state index >= 15 is 0 Å². The minimum atomic E-state index is -0.868. The summed E-state index contributed by atoms with van der Waals surface area (Å²) in [6, 6.07) is 13.8. The Kier molecular flexibility index (Phi) is 6.53. The SMILES string of the molecule is CCOc1ccc(NC(=O)C(=O)N/N=C\c2cccc(OC)c2)cc1. The fraction of sp³-hybridized carbons (Fsp3) is 0.167. The molecule has 0 aromatic heterocycles. The number of amides is 2. The van der Waals surface area contributed by atoms with Crippen LogP contribution in [0.2, 0.25) is 0 Å². The number of hydrogen-bond donors (Lipinski definition) is 2. The van der Waals surface area contributed by atoms with Crippen LogP contribution in [-0.4, -0.2) is 31.7 Å². The highest BCUT2D eigenvalue weighted by molar-refractivity contribution is 6.39. The van der Waals surface area contributed by atoms with E-state index in [1.165, 1.54) is 6.21 Å². The van der Waals surface area contributed by atoms with Gasteiger partial charge in [0.15, 0.2) is 0 Å². The summed E-state index contributed by atoms with van der Waals surface area (Å²) in [6.45, 7) is 2.44. The molecule has 0 heterocycles. The maximum atomic E-state index is 11.8. The molecule has 130 valence electrons. The summed E-state index contributed by atoms with van der Waals surface area (Å²) in [4.78, 5) is 23.6. The smallest absolute Gasteiger partial charge is 0.329 e. The van der Waals surface area contributed by atoms with Crippen molar-refractivity contribution in [3.05, 3.63) is 54.1 Å². The Bertz CT molecular complexity index is 757. The van der Waals surface area contributed by atoms with Crippen molar-refractivity contribution in [1.29, 1.82) is 0 Å². The van der Waals surface area contributed by atoms with Gasteiger partial charge in [0.05, 0.1) is 19.9 Å². The minimum Gasteiger partial charge on any atom is -0.497 e. The molecule has 0 saturated carbocycles. The largest absolute Gasteiger partial charge is 0.497 e. The van der Waals surface area contributed by atoms with Crippen LogP contribution in [0.25, 0.3) is 0 Å². The van der Waals surface area contributed by atoms with Gasteiger partial charge < -0.3 is 14.8 Å². The number of nitrogens with one attached hydrogen (secondary N) is 2. The summed E-state index contributed by atoms with van der Waals surface area (Å²) in [7, 11) is 1.56. The van der Waals surface area contributed by atoms with E-state index in [2.05, 4.69) is 15.8 Å². The van der Waals surface area contributed by atoms with Crippen LogP contribution < -0.4 is 20.2 Å². The number of methoxy groups -OCH3 is 1. The van der Waals surface area contributed by atoms with E-state index < -0.39 is 11.8 Å². The second-order valence-corrected chi connectivity index (χ2v) is 4.89. The van der Waals surface area contributed by atoms with Crippen LogP contribution in [0.1, 0.15) is 12.5 Å². The van der Waals surface area contributed by atoms with Gasteiger partial charge in [0.2, 0.25) is 0 Å². The first-order chi connectivity index (χ1) is 12.1. The van der Waals surface area contributed by atoms with Crippen LogP contribution in [-0.2, 0) is 9.59 Å². The summed E-state index contributed by atoms with van der Waals surface area (Å²) >= 11 is 0. The lowest BCUT2D eigenvalue weighted by atomic mass is 10.2. The van der Waals surface area contributed by atoms with Gasteiger partial charge in [-0.3, -0.25) is 9.59 Å². The second-order valence-electron chi connectivity index (χ2n) is 4.89. The standard InChI is InChI=1S/C18H19N3O4/c1-3-25-15-9-7-14(8-10-15)20-17(22)18(23)21-19-12-13-5-4-6-16(11-13)24-2/h4-12H,3H2,1-2H3,(H,20,22)(H,21,23)/b19-12-. The summed E-state index contributed by atoms with van der Waals surface area (Å²) < 4.78 is 10.4. The molecular formula is C18H19N3O4. The van der Waals surface area contributed by atoms with Gasteiger partial charge in [0.1, 0.15) is 11.5 Å². The summed E-state index contributed by atoms with van der Waals surface area (Å²) in [5, 5.41) is 6.23. The average molecular weight is 341 g/mol. The molecule has 0 fully saturated rings. The summed E-state index contributed by atoms with van der Waals surface area (Å²) in [6.07, 6.45) is 1.42. The number of benzene rings is 2. The first-order valence-corrected chi connectivity index (χ1v) is 7.63. The van der Waals surface area contributed by atoms with Crippen LogP contribution in [0, 0.1) is 0 Å². The summed E-state index contributed by atoms with van der Waals surface area (Å²) in [5.74, 6) is -0.323. The molecule has 0 bridgehead atoms. The van der Waals surface area contributed by atoms with Gasteiger partial charge in [0.25, 0.3) is 0 Å². The lowest BCUT2D eigenvalue weighted by Gasteiger charge is -2.06. The number of hydrogen-bond acceptors (Lipinski definition) is 5. The Hall–Kier alpha value is -3.35. The van der Waals surface area contributed by atoms with Crippen molar-refractivity contribution in [3.8, 4) is 11.5 Å². The van der Waals surface area contributed by atoms with Crippen molar-refractivity contribution in [2.45, 2.75) is 6.92 Å². The molecular weight excluding hydrogens is 322 g/mol. The van der Waals surface area contributed by atoms with Crippen LogP contribution in [0.15, 0.2) is 53.6 Å². The van der Waals surface area contributed by atoms with Crippen molar-refractivity contribution in [1.82, 2.24) is 5.43 Å². The molecule has 0 aliphatic heterocycles. The third-order valence-corrected chi connectivity index (χ3v) is 3.10. The number of nitrogens with zero attached hydrogens (tertiary/aromatic N) is 1.